The lowest BCUT2D eigenvalue weighted by Gasteiger charge is -2.31. The largest absolute Gasteiger partial charge is 0.355 e. The van der Waals surface area contributed by atoms with Crippen molar-refractivity contribution in [1.82, 2.24) is 20.3 Å². The van der Waals surface area contributed by atoms with Gasteiger partial charge in [0, 0.05) is 49.4 Å². The summed E-state index contributed by atoms with van der Waals surface area (Å²) in [7, 11) is 0. The Hall–Kier alpha value is -2.80. The van der Waals surface area contributed by atoms with E-state index in [0.29, 0.717) is 19.0 Å². The Bertz CT molecular complexity index is 899. The standard InChI is InChI=1S/C21H23N5OS/c27-20(17-8-4-13-26(14-17)21-23-10-5-11-24-21)22-12-9-19-25-18(15-28-19)16-6-2-1-3-7-16/h1-3,5-7,10-11,15,17H,4,8-9,12-14H2,(H,22,27). The molecule has 1 aliphatic heterocycles. The monoisotopic (exact) mass is 393 g/mol. The van der Waals surface area contributed by atoms with Crippen LogP contribution in [0.1, 0.15) is 17.8 Å². The Labute approximate surface area is 168 Å². The lowest BCUT2D eigenvalue weighted by Crippen LogP contribution is -2.44. The predicted molar refractivity (Wildman–Crippen MR) is 111 cm³/mol. The van der Waals surface area contributed by atoms with E-state index in [1.54, 1.807) is 29.8 Å². The first kappa shape index (κ1) is 18.6. The van der Waals surface area contributed by atoms with E-state index in [1.807, 2.05) is 18.2 Å². The minimum atomic E-state index is -0.0197. The second-order valence-corrected chi connectivity index (χ2v) is 7.81. The zero-order valence-electron chi connectivity index (χ0n) is 15.6. The number of amides is 1. The number of nitrogens with one attached hydrogen (secondary N) is 1. The van der Waals surface area contributed by atoms with Crippen LogP contribution in [0.15, 0.2) is 54.2 Å². The summed E-state index contributed by atoms with van der Waals surface area (Å²) in [4.78, 5) is 28.0. The number of rotatable bonds is 6. The normalized spacial score (nSPS) is 16.7. The second kappa shape index (κ2) is 8.93. The topological polar surface area (TPSA) is 71.0 Å². The zero-order valence-corrected chi connectivity index (χ0v) is 16.4. The number of nitrogens with zero attached hydrogens (tertiary/aromatic N) is 4. The van der Waals surface area contributed by atoms with Crippen molar-refractivity contribution in [2.45, 2.75) is 19.3 Å². The molecule has 3 heterocycles. The highest BCUT2D eigenvalue weighted by Gasteiger charge is 2.26. The summed E-state index contributed by atoms with van der Waals surface area (Å²) in [5, 5.41) is 6.20. The average Bonchev–Trinajstić information content (AvgIpc) is 3.24. The summed E-state index contributed by atoms with van der Waals surface area (Å²) in [5.74, 6) is 0.797. The molecule has 1 atom stereocenters. The third kappa shape index (κ3) is 4.54. The quantitative estimate of drug-likeness (QED) is 0.696. The Balaban J connectivity index is 1.27. The van der Waals surface area contributed by atoms with Gasteiger partial charge in [-0.05, 0) is 18.9 Å². The lowest BCUT2D eigenvalue weighted by atomic mass is 9.97. The summed E-state index contributed by atoms with van der Waals surface area (Å²) in [5.41, 5.74) is 2.12. The van der Waals surface area contributed by atoms with Gasteiger partial charge in [0.2, 0.25) is 11.9 Å². The number of thiazole rings is 1. The third-order valence-corrected chi connectivity index (χ3v) is 5.80. The molecular formula is C21H23N5OS. The van der Waals surface area contributed by atoms with Gasteiger partial charge in [0.25, 0.3) is 0 Å². The molecule has 1 N–H and O–H groups in total. The van der Waals surface area contributed by atoms with Crippen LogP contribution in [-0.4, -0.2) is 40.5 Å². The Morgan fingerprint density at radius 3 is 2.82 bits per heavy atom. The Kier molecular flexibility index (Phi) is 5.92. The molecule has 0 radical (unpaired) electrons. The van der Waals surface area contributed by atoms with Gasteiger partial charge in [-0.1, -0.05) is 30.3 Å². The maximum atomic E-state index is 12.6. The van der Waals surface area contributed by atoms with Gasteiger partial charge >= 0.3 is 0 Å². The number of anilines is 1. The van der Waals surface area contributed by atoms with Crippen LogP contribution in [0.3, 0.4) is 0 Å². The number of piperidine rings is 1. The molecule has 144 valence electrons. The van der Waals surface area contributed by atoms with E-state index < -0.39 is 0 Å². The fourth-order valence-electron chi connectivity index (χ4n) is 3.43. The van der Waals surface area contributed by atoms with Crippen LogP contribution in [0.4, 0.5) is 5.95 Å². The smallest absolute Gasteiger partial charge is 0.225 e. The molecule has 7 heteroatoms. The number of aromatic nitrogens is 3. The first-order chi connectivity index (χ1) is 13.8. The number of hydrogen-bond acceptors (Lipinski definition) is 6. The van der Waals surface area contributed by atoms with E-state index in [0.717, 1.165) is 42.1 Å². The van der Waals surface area contributed by atoms with Gasteiger partial charge in [0.15, 0.2) is 0 Å². The predicted octanol–water partition coefficient (Wildman–Crippen LogP) is 3.18. The van der Waals surface area contributed by atoms with Crippen molar-refractivity contribution in [3.8, 4) is 11.3 Å². The van der Waals surface area contributed by atoms with Gasteiger partial charge in [-0.15, -0.1) is 11.3 Å². The fraction of sp³-hybridized carbons (Fsp3) is 0.333. The number of benzene rings is 1. The van der Waals surface area contributed by atoms with Crippen molar-refractivity contribution < 1.29 is 4.79 Å². The second-order valence-electron chi connectivity index (χ2n) is 6.87. The van der Waals surface area contributed by atoms with Crippen LogP contribution in [0, 0.1) is 5.92 Å². The van der Waals surface area contributed by atoms with Crippen LogP contribution in [0.25, 0.3) is 11.3 Å². The van der Waals surface area contributed by atoms with Gasteiger partial charge in [0.05, 0.1) is 16.6 Å². The minimum Gasteiger partial charge on any atom is -0.355 e. The highest BCUT2D eigenvalue weighted by atomic mass is 32.1. The van der Waals surface area contributed by atoms with Crippen LogP contribution in [0.5, 0.6) is 0 Å². The summed E-state index contributed by atoms with van der Waals surface area (Å²) < 4.78 is 0. The average molecular weight is 394 g/mol. The number of carbonyl (C=O) groups excluding carboxylic acids is 1. The van der Waals surface area contributed by atoms with Crippen LogP contribution >= 0.6 is 11.3 Å². The maximum Gasteiger partial charge on any atom is 0.225 e. The van der Waals surface area contributed by atoms with Gasteiger partial charge < -0.3 is 10.2 Å². The van der Waals surface area contributed by atoms with E-state index in [4.69, 9.17) is 0 Å². The summed E-state index contributed by atoms with van der Waals surface area (Å²) in [6.07, 6.45) is 6.11. The van der Waals surface area contributed by atoms with E-state index >= 15 is 0 Å². The van der Waals surface area contributed by atoms with Gasteiger partial charge in [-0.3, -0.25) is 4.79 Å². The zero-order chi connectivity index (χ0) is 19.2. The van der Waals surface area contributed by atoms with Crippen LogP contribution < -0.4 is 10.2 Å². The van der Waals surface area contributed by atoms with Crippen LogP contribution in [0.2, 0.25) is 0 Å². The fourth-order valence-corrected chi connectivity index (χ4v) is 4.24. The molecule has 0 bridgehead atoms. The van der Waals surface area contributed by atoms with Crippen molar-refractivity contribution in [1.29, 1.82) is 0 Å². The van der Waals surface area contributed by atoms with E-state index in [9.17, 15) is 4.79 Å². The molecule has 1 amide bonds. The third-order valence-electron chi connectivity index (χ3n) is 4.89. The molecule has 1 aliphatic rings. The molecule has 28 heavy (non-hydrogen) atoms. The Morgan fingerprint density at radius 2 is 2.00 bits per heavy atom. The highest BCUT2D eigenvalue weighted by Crippen LogP contribution is 2.22. The first-order valence-electron chi connectivity index (χ1n) is 9.59. The van der Waals surface area contributed by atoms with Gasteiger partial charge in [-0.2, -0.15) is 0 Å². The molecule has 0 saturated carbocycles. The van der Waals surface area contributed by atoms with E-state index in [-0.39, 0.29) is 11.8 Å². The molecule has 1 fully saturated rings. The van der Waals surface area contributed by atoms with Gasteiger partial charge in [0.1, 0.15) is 0 Å². The summed E-state index contributed by atoms with van der Waals surface area (Å²) in [6.45, 7) is 2.18. The van der Waals surface area contributed by atoms with E-state index in [1.165, 1.54) is 0 Å². The summed E-state index contributed by atoms with van der Waals surface area (Å²) >= 11 is 1.64. The molecule has 4 rings (SSSR count). The molecule has 0 aliphatic carbocycles. The van der Waals surface area contributed by atoms with Crippen molar-refractivity contribution >= 4 is 23.2 Å². The molecule has 1 saturated heterocycles. The maximum absolute atomic E-state index is 12.6. The van der Waals surface area contributed by atoms with Crippen molar-refractivity contribution in [2.24, 2.45) is 5.92 Å². The lowest BCUT2D eigenvalue weighted by molar-refractivity contribution is -0.125. The minimum absolute atomic E-state index is 0.0197. The number of hydrogen-bond donors (Lipinski definition) is 1. The molecule has 1 unspecified atom stereocenters. The van der Waals surface area contributed by atoms with Crippen molar-refractivity contribution in [3.05, 3.63) is 59.2 Å². The van der Waals surface area contributed by atoms with Crippen molar-refractivity contribution in [3.63, 3.8) is 0 Å². The Morgan fingerprint density at radius 1 is 1.18 bits per heavy atom. The molecular weight excluding hydrogens is 370 g/mol. The summed E-state index contributed by atoms with van der Waals surface area (Å²) in [6, 6.07) is 12.0. The molecule has 6 nitrogen and oxygen atoms in total. The number of carbonyl (C=O) groups is 1. The van der Waals surface area contributed by atoms with Gasteiger partial charge in [-0.25, -0.2) is 15.0 Å². The SMILES string of the molecule is O=C(NCCc1nc(-c2ccccc2)cs1)C1CCCN(c2ncccn2)C1. The first-order valence-corrected chi connectivity index (χ1v) is 10.5. The highest BCUT2D eigenvalue weighted by molar-refractivity contribution is 7.09. The van der Waals surface area contributed by atoms with Crippen molar-refractivity contribution in [2.75, 3.05) is 24.5 Å². The molecule has 0 spiro atoms. The van der Waals surface area contributed by atoms with E-state index in [2.05, 4.69) is 42.7 Å². The van der Waals surface area contributed by atoms with Crippen LogP contribution in [-0.2, 0) is 11.2 Å². The molecule has 1 aromatic carbocycles. The molecule has 2 aromatic heterocycles. The molecule has 3 aromatic rings.